The van der Waals surface area contributed by atoms with Gasteiger partial charge in [0.05, 0.1) is 0 Å². The van der Waals surface area contributed by atoms with E-state index in [4.69, 9.17) is 0 Å². The van der Waals surface area contributed by atoms with E-state index in [0.717, 1.165) is 23.2 Å². The van der Waals surface area contributed by atoms with Crippen LogP contribution in [0.25, 0.3) is 21.5 Å². The van der Waals surface area contributed by atoms with Crippen LogP contribution in [-0.2, 0) is 21.7 Å². The van der Waals surface area contributed by atoms with Gasteiger partial charge in [-0.1, -0.05) is 94.2 Å². The first-order valence-electron chi connectivity index (χ1n) is 16.3. The minimum atomic E-state index is 0. The second-order valence-corrected chi connectivity index (χ2v) is 18.5. The average molecular weight is 690 g/mol. The molecule has 0 nitrogen and oxygen atoms in total. The Balaban J connectivity index is 0.000000286. The van der Waals surface area contributed by atoms with Crippen LogP contribution in [0.15, 0.2) is 72.8 Å². The summed E-state index contributed by atoms with van der Waals surface area (Å²) in [5.41, 5.74) is 2.03. The molecule has 232 valence electrons. The van der Waals surface area contributed by atoms with Crippen LogP contribution < -0.4 is 35.4 Å². The summed E-state index contributed by atoms with van der Waals surface area (Å²) in [5, 5.41) is 9.09. The van der Waals surface area contributed by atoms with Crippen molar-refractivity contribution in [3.63, 3.8) is 0 Å². The van der Waals surface area contributed by atoms with Gasteiger partial charge in [0.15, 0.2) is 0 Å². The molecule has 0 unspecified atom stereocenters. The zero-order valence-corrected chi connectivity index (χ0v) is 31.7. The fourth-order valence-corrected chi connectivity index (χ4v) is 14.0. The van der Waals surface area contributed by atoms with Gasteiger partial charge in [0, 0.05) is 0 Å². The summed E-state index contributed by atoms with van der Waals surface area (Å²) in [6.07, 6.45) is 17.6. The second-order valence-electron chi connectivity index (χ2n) is 13.4. The molecular weight excluding hydrogens is 637 g/mol. The Bertz CT molecular complexity index is 1220. The van der Waals surface area contributed by atoms with E-state index in [1.807, 2.05) is 0 Å². The maximum atomic E-state index is 2.55. The van der Waals surface area contributed by atoms with E-state index in [1.54, 1.807) is 10.6 Å². The minimum absolute atomic E-state index is 0. The molecule has 0 bridgehead atoms. The first kappa shape index (κ1) is 39.0. The summed E-state index contributed by atoms with van der Waals surface area (Å²) in [4.78, 5) is 0. The van der Waals surface area contributed by atoms with Crippen molar-refractivity contribution in [2.75, 3.05) is 12.3 Å². The van der Waals surface area contributed by atoms with Gasteiger partial charge in [-0.2, -0.15) is 12.1 Å². The third kappa shape index (κ3) is 10.9. The van der Waals surface area contributed by atoms with E-state index in [9.17, 15) is 0 Å². The Hall–Kier alpha value is -0.186. The first-order chi connectivity index (χ1) is 19.5. The van der Waals surface area contributed by atoms with Crippen LogP contribution in [0.2, 0.25) is 0 Å². The van der Waals surface area contributed by atoms with Crippen LogP contribution >= 0.6 is 15.8 Å². The van der Waals surface area contributed by atoms with Crippen molar-refractivity contribution in [2.45, 2.75) is 103 Å². The summed E-state index contributed by atoms with van der Waals surface area (Å²) in [6, 6.07) is 27.7. The summed E-state index contributed by atoms with van der Waals surface area (Å²) >= 11 is 0. The number of fused-ring (bicyclic) bond motifs is 2. The molecule has 43 heavy (non-hydrogen) atoms. The summed E-state index contributed by atoms with van der Waals surface area (Å²) in [7, 11) is 0.0796. The van der Waals surface area contributed by atoms with Crippen molar-refractivity contribution in [1.82, 2.24) is 0 Å². The van der Waals surface area contributed by atoms with Crippen molar-refractivity contribution in [3.05, 3.63) is 72.8 Å². The van der Waals surface area contributed by atoms with Gasteiger partial charge >= 0.3 is 21.7 Å². The van der Waals surface area contributed by atoms with Crippen molar-refractivity contribution < 1.29 is 46.5 Å². The van der Waals surface area contributed by atoms with Crippen LogP contribution in [0, 0.1) is 11.8 Å². The maximum Gasteiger partial charge on any atom is 4.00 e. The third-order valence-electron chi connectivity index (χ3n) is 8.98. The van der Waals surface area contributed by atoms with Crippen molar-refractivity contribution in [3.8, 4) is 0 Å². The second kappa shape index (κ2) is 19.5. The van der Waals surface area contributed by atoms with Gasteiger partial charge in [0.25, 0.3) is 0 Å². The summed E-state index contributed by atoms with van der Waals surface area (Å²) in [5.74, 6) is 1.60. The van der Waals surface area contributed by atoms with E-state index < -0.39 is 0 Å². The van der Waals surface area contributed by atoms with E-state index in [-0.39, 0.29) is 62.4 Å². The monoisotopic (exact) mass is 688 g/mol. The van der Waals surface area contributed by atoms with E-state index in [0.29, 0.717) is 0 Å². The van der Waals surface area contributed by atoms with Gasteiger partial charge < -0.3 is 24.8 Å². The Morgan fingerprint density at radius 3 is 1.42 bits per heavy atom. The largest absolute Gasteiger partial charge is 4.00 e. The van der Waals surface area contributed by atoms with Crippen molar-refractivity contribution in [2.24, 2.45) is 11.8 Å². The summed E-state index contributed by atoms with van der Waals surface area (Å²) < 4.78 is 0. The summed E-state index contributed by atoms with van der Waals surface area (Å²) in [6.45, 7) is 9.38. The Morgan fingerprint density at radius 2 is 1.00 bits per heavy atom. The Kier molecular flexibility index (Phi) is 17.7. The molecule has 0 heterocycles. The SMILES string of the molecule is CC(C)CP(CC(C)C)c1cc2ccccc2[cH-]1.[Cl-].[Cl-].[Ti+4].c1ccc2[cH-]c(P(C3CCCCC3)C3CCCCC3)cc2c1. The van der Waals surface area contributed by atoms with Crippen LogP contribution in [0.5, 0.6) is 0 Å². The standard InChI is InChI=1S/C21H28P.C17H24P.2ClH.Ti/c1-3-11-19(12-4-1)22(20-13-5-2-6-14-20)21-15-17-9-7-8-10-18(17)16-21;1-13(2)11-18(12-14(3)4)17-9-15-7-5-6-8-16(15)10-17;;;/h7-10,15-16,19-20H,1-6,11-14H2;5-10,13-14H,11-12H2,1-4H3;2*1H;/q2*-1;;;+4/p-2. The Labute approximate surface area is 292 Å². The van der Waals surface area contributed by atoms with E-state index in [1.165, 1.54) is 98.1 Å². The zero-order valence-electron chi connectivity index (χ0n) is 26.9. The topological polar surface area (TPSA) is 0 Å². The minimum Gasteiger partial charge on any atom is -1.00 e. The molecule has 0 aromatic heterocycles. The molecule has 0 atom stereocenters. The van der Waals surface area contributed by atoms with Gasteiger partial charge in [-0.05, 0) is 61.2 Å². The maximum absolute atomic E-state index is 2.55. The molecule has 0 N–H and O–H groups in total. The normalized spacial score (nSPS) is 16.2. The fourth-order valence-electron chi connectivity index (χ4n) is 7.20. The zero-order chi connectivity index (χ0) is 27.9. The van der Waals surface area contributed by atoms with Crippen molar-refractivity contribution >= 4 is 48.0 Å². The molecular formula is C38H52Cl2P2Ti. The molecule has 4 aromatic rings. The van der Waals surface area contributed by atoms with Gasteiger partial charge in [-0.15, -0.1) is 80.7 Å². The number of halogens is 2. The molecule has 2 saturated carbocycles. The number of rotatable bonds is 8. The number of hydrogen-bond acceptors (Lipinski definition) is 0. The molecule has 6 rings (SSSR count). The van der Waals surface area contributed by atoms with Gasteiger partial charge in [-0.25, -0.2) is 0 Å². The number of hydrogen-bond donors (Lipinski definition) is 0. The molecule has 5 heteroatoms. The smallest absolute Gasteiger partial charge is 1.00 e. The van der Waals surface area contributed by atoms with E-state index >= 15 is 0 Å². The van der Waals surface area contributed by atoms with Crippen LogP contribution in [0.1, 0.15) is 91.9 Å². The molecule has 0 radical (unpaired) electrons. The molecule has 0 aliphatic heterocycles. The van der Waals surface area contributed by atoms with Crippen LogP contribution in [0.3, 0.4) is 0 Å². The first-order valence-corrected chi connectivity index (χ1v) is 19.5. The molecule has 2 fully saturated rings. The van der Waals surface area contributed by atoms with Gasteiger partial charge in [-0.3, -0.25) is 0 Å². The number of benzene rings is 2. The Morgan fingerprint density at radius 1 is 0.605 bits per heavy atom. The van der Waals surface area contributed by atoms with Gasteiger partial charge in [0.1, 0.15) is 0 Å². The third-order valence-corrected chi connectivity index (χ3v) is 15.8. The van der Waals surface area contributed by atoms with Crippen molar-refractivity contribution in [1.29, 1.82) is 0 Å². The quantitative estimate of drug-likeness (QED) is 0.134. The predicted octanol–water partition coefficient (Wildman–Crippen LogP) is 5.31. The molecule has 0 amide bonds. The van der Waals surface area contributed by atoms with Crippen LogP contribution in [0.4, 0.5) is 0 Å². The molecule has 2 aliphatic carbocycles. The average Bonchev–Trinajstić information content (AvgIpc) is 3.58. The van der Waals surface area contributed by atoms with Gasteiger partial charge in [0.2, 0.25) is 0 Å². The van der Waals surface area contributed by atoms with E-state index in [2.05, 4.69) is 100 Å². The predicted molar refractivity (Wildman–Crippen MR) is 185 cm³/mol. The molecule has 4 aromatic carbocycles. The molecule has 0 saturated heterocycles. The molecule has 0 spiro atoms. The van der Waals surface area contributed by atoms with Crippen LogP contribution in [-0.4, -0.2) is 23.6 Å². The fraction of sp³-hybridized carbons (Fsp3) is 0.526. The molecule has 2 aliphatic rings.